The molecule has 10 heteroatoms. The van der Waals surface area contributed by atoms with E-state index in [0.717, 1.165) is 17.3 Å². The topological polar surface area (TPSA) is 70.5 Å². The van der Waals surface area contributed by atoms with Crippen LogP contribution in [0.2, 0.25) is 0 Å². The molecule has 0 aliphatic carbocycles. The number of nitrogens with one attached hydrogen (secondary N) is 1. The molecule has 0 saturated heterocycles. The fourth-order valence-corrected chi connectivity index (χ4v) is 5.81. The van der Waals surface area contributed by atoms with Gasteiger partial charge in [-0.2, -0.15) is 5.10 Å². The number of anilines is 1. The van der Waals surface area contributed by atoms with E-state index in [1.165, 1.54) is 28.8 Å². The molecule has 1 aromatic heterocycles. The van der Waals surface area contributed by atoms with Gasteiger partial charge in [-0.15, -0.1) is 11.8 Å². The van der Waals surface area contributed by atoms with Crippen LogP contribution < -0.4 is 10.2 Å². The first-order valence-electron chi connectivity index (χ1n) is 12.9. The molecule has 1 N–H and O–H groups in total. The first-order valence-corrected chi connectivity index (χ1v) is 13.9. The quantitative estimate of drug-likeness (QED) is 0.462. The van der Waals surface area contributed by atoms with E-state index in [2.05, 4.69) is 5.32 Å². The monoisotopic (exact) mass is 555 g/mol. The first kappa shape index (κ1) is 28.8. The number of nitrogens with zero attached hydrogens (tertiary/aromatic N) is 4. The van der Waals surface area contributed by atoms with Gasteiger partial charge in [-0.3, -0.25) is 14.5 Å². The molecule has 7 nitrogen and oxygen atoms in total. The van der Waals surface area contributed by atoms with Crippen LogP contribution in [0.5, 0.6) is 0 Å². The maximum atomic E-state index is 15.2. The van der Waals surface area contributed by atoms with Crippen LogP contribution in [-0.4, -0.2) is 66.0 Å². The second kappa shape index (κ2) is 11.5. The third-order valence-corrected chi connectivity index (χ3v) is 7.71. The number of thioether (sulfide) groups is 1. The van der Waals surface area contributed by atoms with Crippen LogP contribution in [0.3, 0.4) is 0 Å². The lowest BCUT2D eigenvalue weighted by molar-refractivity contribution is -0.122. The number of benzene rings is 2. The third kappa shape index (κ3) is 6.33. The fraction of sp³-hybridized carbons (Fsp3) is 0.414. The molecule has 2 amide bonds. The van der Waals surface area contributed by atoms with Crippen LogP contribution in [0, 0.1) is 18.6 Å². The van der Waals surface area contributed by atoms with Gasteiger partial charge in [0.1, 0.15) is 24.0 Å². The molecule has 1 aliphatic heterocycles. The number of likely N-dealkylation sites (N-methyl/N-ethyl adjacent to an activating group) is 1. The van der Waals surface area contributed by atoms with Crippen molar-refractivity contribution in [3.63, 3.8) is 0 Å². The van der Waals surface area contributed by atoms with Gasteiger partial charge in [0, 0.05) is 35.7 Å². The molecule has 1 aliphatic rings. The standard InChI is InChI=1S/C29H35F2N5O2S/c1-18-8-7-9-20(14-18)36-28-25(27(33-36)29(2,3)4)26(21-11-10-19(30)15-22(21)31)39-17-24(38)35(28)16-23(37)32-12-13-34(5)6/h7-11,14-15,26H,12-13,16-17H2,1-6H3,(H,32,37)/t26-/m0/s1. The molecule has 2 heterocycles. The predicted molar refractivity (Wildman–Crippen MR) is 152 cm³/mol. The van der Waals surface area contributed by atoms with Crippen molar-refractivity contribution in [2.24, 2.45) is 0 Å². The zero-order chi connectivity index (χ0) is 28.5. The van der Waals surface area contributed by atoms with Crippen LogP contribution in [0.15, 0.2) is 42.5 Å². The second-order valence-corrected chi connectivity index (χ2v) is 12.2. The maximum absolute atomic E-state index is 15.2. The fourth-order valence-electron chi connectivity index (χ4n) is 4.59. The minimum atomic E-state index is -0.691. The number of amides is 2. The van der Waals surface area contributed by atoms with E-state index in [1.807, 2.05) is 71.0 Å². The molecule has 39 heavy (non-hydrogen) atoms. The van der Waals surface area contributed by atoms with Crippen molar-refractivity contribution in [2.45, 2.75) is 38.4 Å². The van der Waals surface area contributed by atoms with Gasteiger partial charge >= 0.3 is 0 Å². The van der Waals surface area contributed by atoms with E-state index in [1.54, 1.807) is 4.68 Å². The lowest BCUT2D eigenvalue weighted by Gasteiger charge is -2.25. The number of hydrogen-bond acceptors (Lipinski definition) is 5. The Morgan fingerprint density at radius 1 is 1.18 bits per heavy atom. The summed E-state index contributed by atoms with van der Waals surface area (Å²) in [4.78, 5) is 30.1. The van der Waals surface area contributed by atoms with E-state index >= 15 is 4.39 Å². The molecular weight excluding hydrogens is 520 g/mol. The first-order chi connectivity index (χ1) is 18.4. The van der Waals surface area contributed by atoms with Crippen molar-refractivity contribution in [3.05, 3.63) is 76.5 Å². The molecule has 0 unspecified atom stereocenters. The SMILES string of the molecule is Cc1cccc(-n2nc(C(C)(C)C)c3c2N(CC(=O)NCCN(C)C)C(=O)CS[C@H]3c2ccc(F)cc2F)c1. The van der Waals surface area contributed by atoms with E-state index in [-0.39, 0.29) is 29.7 Å². The molecule has 0 spiro atoms. The molecule has 3 aromatic rings. The van der Waals surface area contributed by atoms with Crippen molar-refractivity contribution in [2.75, 3.05) is 44.4 Å². The molecule has 0 bridgehead atoms. The van der Waals surface area contributed by atoms with Crippen molar-refractivity contribution in [1.29, 1.82) is 0 Å². The predicted octanol–water partition coefficient (Wildman–Crippen LogP) is 4.60. The number of halogens is 2. The van der Waals surface area contributed by atoms with Gasteiger partial charge in [-0.05, 0) is 44.8 Å². The molecule has 0 saturated carbocycles. The Balaban J connectivity index is 1.95. The summed E-state index contributed by atoms with van der Waals surface area (Å²) in [5.41, 5.74) is 2.82. The van der Waals surface area contributed by atoms with E-state index in [0.29, 0.717) is 30.2 Å². The average Bonchev–Trinajstić information content (AvgIpc) is 3.18. The highest BCUT2D eigenvalue weighted by Gasteiger charge is 2.40. The van der Waals surface area contributed by atoms with Crippen LogP contribution in [0.25, 0.3) is 5.69 Å². The molecule has 0 radical (unpaired) electrons. The molecule has 0 fully saturated rings. The van der Waals surface area contributed by atoms with Crippen LogP contribution in [-0.2, 0) is 15.0 Å². The van der Waals surface area contributed by atoms with Gasteiger partial charge in [0.05, 0.1) is 22.4 Å². The Bertz CT molecular complexity index is 1380. The summed E-state index contributed by atoms with van der Waals surface area (Å²) in [6.07, 6.45) is 0. The molecule has 4 rings (SSSR count). The smallest absolute Gasteiger partial charge is 0.240 e. The third-order valence-electron chi connectivity index (χ3n) is 6.47. The van der Waals surface area contributed by atoms with Gasteiger partial charge in [0.25, 0.3) is 0 Å². The van der Waals surface area contributed by atoms with Crippen LogP contribution >= 0.6 is 11.8 Å². The lowest BCUT2D eigenvalue weighted by atomic mass is 9.87. The van der Waals surface area contributed by atoms with Crippen molar-refractivity contribution in [3.8, 4) is 5.69 Å². The Hall–Kier alpha value is -3.24. The number of rotatable bonds is 7. The van der Waals surface area contributed by atoms with Gasteiger partial charge in [-0.1, -0.05) is 39.0 Å². The number of carbonyl (C=O) groups is 2. The summed E-state index contributed by atoms with van der Waals surface area (Å²) >= 11 is 1.26. The summed E-state index contributed by atoms with van der Waals surface area (Å²) in [5.74, 6) is -1.52. The van der Waals surface area contributed by atoms with Gasteiger partial charge in [0.15, 0.2) is 0 Å². The minimum Gasteiger partial charge on any atom is -0.353 e. The number of carbonyl (C=O) groups excluding carboxylic acids is 2. The summed E-state index contributed by atoms with van der Waals surface area (Å²) in [5, 5.41) is 7.24. The summed E-state index contributed by atoms with van der Waals surface area (Å²) in [6.45, 7) is 8.85. The largest absolute Gasteiger partial charge is 0.353 e. The highest BCUT2D eigenvalue weighted by Crippen LogP contribution is 2.49. The van der Waals surface area contributed by atoms with Crippen LogP contribution in [0.4, 0.5) is 14.6 Å². The number of aryl methyl sites for hydroxylation is 1. The summed E-state index contributed by atoms with van der Waals surface area (Å²) in [6, 6.07) is 11.2. The van der Waals surface area contributed by atoms with Crippen molar-refractivity contribution in [1.82, 2.24) is 20.0 Å². The van der Waals surface area contributed by atoms with Crippen molar-refractivity contribution < 1.29 is 18.4 Å². The summed E-state index contributed by atoms with van der Waals surface area (Å²) in [7, 11) is 3.83. The molecule has 1 atom stereocenters. The number of aromatic nitrogens is 2. The maximum Gasteiger partial charge on any atom is 0.240 e. The Morgan fingerprint density at radius 3 is 2.56 bits per heavy atom. The normalized spacial score (nSPS) is 15.9. The Morgan fingerprint density at radius 2 is 1.92 bits per heavy atom. The second-order valence-electron chi connectivity index (χ2n) is 11.1. The number of hydrogen-bond donors (Lipinski definition) is 1. The lowest BCUT2D eigenvalue weighted by Crippen LogP contribution is -2.43. The Labute approximate surface area is 232 Å². The average molecular weight is 556 g/mol. The molecular formula is C29H35F2N5O2S. The van der Waals surface area contributed by atoms with Gasteiger partial charge in [0.2, 0.25) is 11.8 Å². The van der Waals surface area contributed by atoms with Crippen molar-refractivity contribution >= 4 is 29.4 Å². The zero-order valence-electron chi connectivity index (χ0n) is 23.2. The van der Waals surface area contributed by atoms with E-state index in [9.17, 15) is 14.0 Å². The highest BCUT2D eigenvalue weighted by molar-refractivity contribution is 8.00. The highest BCUT2D eigenvalue weighted by atomic mass is 32.2. The van der Waals surface area contributed by atoms with E-state index < -0.39 is 22.3 Å². The number of fused-ring (bicyclic) bond motifs is 1. The molecule has 2 aromatic carbocycles. The zero-order valence-corrected chi connectivity index (χ0v) is 24.0. The van der Waals surface area contributed by atoms with Gasteiger partial charge < -0.3 is 10.2 Å². The summed E-state index contributed by atoms with van der Waals surface area (Å²) < 4.78 is 30.8. The Kier molecular flexibility index (Phi) is 8.46. The van der Waals surface area contributed by atoms with Gasteiger partial charge in [-0.25, -0.2) is 13.5 Å². The minimum absolute atomic E-state index is 0.0124. The van der Waals surface area contributed by atoms with Crippen LogP contribution in [0.1, 0.15) is 48.4 Å². The molecule has 208 valence electrons. The van der Waals surface area contributed by atoms with E-state index in [4.69, 9.17) is 5.10 Å².